The molecule has 1 saturated carbocycles. The molecule has 1 aliphatic carbocycles. The molecule has 0 aromatic heterocycles. The van der Waals surface area contributed by atoms with Crippen molar-refractivity contribution in [2.45, 2.75) is 38.3 Å². The number of hydrogen-bond donors (Lipinski definition) is 2. The minimum absolute atomic E-state index is 0.199. The van der Waals surface area contributed by atoms with Gasteiger partial charge in [-0.05, 0) is 49.9 Å². The summed E-state index contributed by atoms with van der Waals surface area (Å²) in [7, 11) is 0. The van der Waals surface area contributed by atoms with Gasteiger partial charge in [0.05, 0.1) is 12.1 Å². The van der Waals surface area contributed by atoms with Gasteiger partial charge in [0.2, 0.25) is 0 Å². The topological polar surface area (TPSA) is 32.3 Å². The van der Waals surface area contributed by atoms with Crippen LogP contribution in [-0.2, 0) is 0 Å². The highest BCUT2D eigenvalue weighted by Crippen LogP contribution is 2.26. The average Bonchev–Trinajstić information content (AvgIpc) is 2.57. The van der Waals surface area contributed by atoms with Gasteiger partial charge in [-0.15, -0.1) is 0 Å². The molecule has 1 aromatic rings. The highest BCUT2D eigenvalue weighted by atomic mass is 35.5. The summed E-state index contributed by atoms with van der Waals surface area (Å²) in [6.07, 6.45) is 2.85. The quantitative estimate of drug-likeness (QED) is 0.811. The number of aryl methyl sites for hydroxylation is 1. The van der Waals surface area contributed by atoms with E-state index in [1.165, 1.54) is 0 Å². The van der Waals surface area contributed by atoms with Crippen LogP contribution in [-0.4, -0.2) is 17.3 Å². The number of rotatable bonds is 2. The summed E-state index contributed by atoms with van der Waals surface area (Å²) in [5.41, 5.74) is 2.20. The van der Waals surface area contributed by atoms with Gasteiger partial charge in [-0.3, -0.25) is 0 Å². The lowest BCUT2D eigenvalue weighted by molar-refractivity contribution is 0.172. The summed E-state index contributed by atoms with van der Waals surface area (Å²) < 4.78 is 0. The Labute approximate surface area is 95.3 Å². The van der Waals surface area contributed by atoms with Crippen molar-refractivity contribution in [2.75, 3.05) is 5.32 Å². The third-order valence-electron chi connectivity index (χ3n) is 3.01. The molecule has 0 radical (unpaired) electrons. The minimum Gasteiger partial charge on any atom is -0.391 e. The molecule has 3 heteroatoms. The van der Waals surface area contributed by atoms with E-state index >= 15 is 0 Å². The summed E-state index contributed by atoms with van der Waals surface area (Å²) in [5, 5.41) is 13.8. The van der Waals surface area contributed by atoms with Crippen LogP contribution in [0.25, 0.3) is 0 Å². The van der Waals surface area contributed by atoms with Crippen LogP contribution in [0.4, 0.5) is 5.69 Å². The van der Waals surface area contributed by atoms with Gasteiger partial charge in [0.25, 0.3) is 0 Å². The number of aliphatic hydroxyl groups excluding tert-OH is 1. The molecule has 0 heterocycles. The second-order valence-corrected chi connectivity index (χ2v) is 4.64. The summed E-state index contributed by atoms with van der Waals surface area (Å²) in [6.45, 7) is 2.02. The number of halogens is 1. The van der Waals surface area contributed by atoms with Crippen LogP contribution in [0.15, 0.2) is 18.2 Å². The molecule has 15 heavy (non-hydrogen) atoms. The Kier molecular flexibility index (Phi) is 3.17. The minimum atomic E-state index is -0.208. The van der Waals surface area contributed by atoms with E-state index in [1.807, 2.05) is 25.1 Å². The van der Waals surface area contributed by atoms with E-state index in [-0.39, 0.29) is 12.1 Å². The SMILES string of the molecule is Cc1cc(Cl)ccc1N[C@@H]1CCC[C@H]1O. The summed E-state index contributed by atoms with van der Waals surface area (Å²) in [4.78, 5) is 0. The second kappa shape index (κ2) is 4.42. The molecule has 1 aromatic carbocycles. The Balaban J connectivity index is 2.10. The average molecular weight is 226 g/mol. The predicted molar refractivity (Wildman–Crippen MR) is 63.5 cm³/mol. The van der Waals surface area contributed by atoms with E-state index < -0.39 is 0 Å². The van der Waals surface area contributed by atoms with E-state index in [0.29, 0.717) is 0 Å². The second-order valence-electron chi connectivity index (χ2n) is 4.21. The Morgan fingerprint density at radius 2 is 2.20 bits per heavy atom. The molecule has 2 N–H and O–H groups in total. The predicted octanol–water partition coefficient (Wildman–Crippen LogP) is 2.97. The summed E-state index contributed by atoms with van der Waals surface area (Å²) in [5.74, 6) is 0. The summed E-state index contributed by atoms with van der Waals surface area (Å²) in [6, 6.07) is 5.98. The van der Waals surface area contributed by atoms with Gasteiger partial charge in [-0.2, -0.15) is 0 Å². The van der Waals surface area contributed by atoms with E-state index in [1.54, 1.807) is 0 Å². The fraction of sp³-hybridized carbons (Fsp3) is 0.500. The number of anilines is 1. The van der Waals surface area contributed by atoms with Crippen molar-refractivity contribution in [2.24, 2.45) is 0 Å². The smallest absolute Gasteiger partial charge is 0.0741 e. The van der Waals surface area contributed by atoms with E-state index in [2.05, 4.69) is 5.32 Å². The maximum Gasteiger partial charge on any atom is 0.0741 e. The van der Waals surface area contributed by atoms with Crippen LogP contribution < -0.4 is 5.32 Å². The zero-order valence-corrected chi connectivity index (χ0v) is 9.59. The lowest BCUT2D eigenvalue weighted by Gasteiger charge is -2.19. The van der Waals surface area contributed by atoms with Crippen molar-refractivity contribution in [3.05, 3.63) is 28.8 Å². The summed E-state index contributed by atoms with van der Waals surface area (Å²) >= 11 is 5.89. The molecule has 1 aliphatic rings. The van der Waals surface area contributed by atoms with Crippen molar-refractivity contribution in [1.29, 1.82) is 0 Å². The molecule has 1 fully saturated rings. The van der Waals surface area contributed by atoms with Gasteiger partial charge >= 0.3 is 0 Å². The van der Waals surface area contributed by atoms with Gasteiger partial charge in [-0.1, -0.05) is 11.6 Å². The van der Waals surface area contributed by atoms with Crippen LogP contribution in [0.1, 0.15) is 24.8 Å². The number of aliphatic hydroxyl groups is 1. The van der Waals surface area contributed by atoms with Crippen LogP contribution in [0.2, 0.25) is 5.02 Å². The largest absolute Gasteiger partial charge is 0.391 e. The number of hydrogen-bond acceptors (Lipinski definition) is 2. The lowest BCUT2D eigenvalue weighted by atomic mass is 10.1. The molecule has 0 aliphatic heterocycles. The normalized spacial score (nSPS) is 25.5. The first-order valence-corrected chi connectivity index (χ1v) is 5.75. The van der Waals surface area contributed by atoms with Crippen molar-refractivity contribution in [3.8, 4) is 0 Å². The van der Waals surface area contributed by atoms with Crippen molar-refractivity contribution in [1.82, 2.24) is 0 Å². The molecule has 2 nitrogen and oxygen atoms in total. The molecule has 82 valence electrons. The first-order valence-electron chi connectivity index (χ1n) is 5.37. The molecule has 0 saturated heterocycles. The molecule has 2 atom stereocenters. The third kappa shape index (κ3) is 2.44. The van der Waals surface area contributed by atoms with Crippen molar-refractivity contribution < 1.29 is 5.11 Å². The van der Waals surface area contributed by atoms with Crippen LogP contribution in [0.5, 0.6) is 0 Å². The molecule has 0 unspecified atom stereocenters. The van der Waals surface area contributed by atoms with E-state index in [0.717, 1.165) is 35.5 Å². The highest BCUT2D eigenvalue weighted by Gasteiger charge is 2.25. The van der Waals surface area contributed by atoms with Gasteiger partial charge in [0.15, 0.2) is 0 Å². The van der Waals surface area contributed by atoms with Gasteiger partial charge in [0.1, 0.15) is 0 Å². The molecular weight excluding hydrogens is 210 g/mol. The molecule has 0 bridgehead atoms. The van der Waals surface area contributed by atoms with Crippen LogP contribution >= 0.6 is 11.6 Å². The van der Waals surface area contributed by atoms with Crippen molar-refractivity contribution >= 4 is 17.3 Å². The number of benzene rings is 1. The van der Waals surface area contributed by atoms with E-state index in [9.17, 15) is 5.11 Å². The molecular formula is C12H16ClNO. The van der Waals surface area contributed by atoms with Gasteiger partial charge in [0, 0.05) is 10.7 Å². The zero-order chi connectivity index (χ0) is 10.8. The molecule has 0 spiro atoms. The van der Waals surface area contributed by atoms with Crippen LogP contribution in [0.3, 0.4) is 0 Å². The molecule has 2 rings (SSSR count). The van der Waals surface area contributed by atoms with Crippen molar-refractivity contribution in [3.63, 3.8) is 0 Å². The maximum absolute atomic E-state index is 9.71. The monoisotopic (exact) mass is 225 g/mol. The lowest BCUT2D eigenvalue weighted by Crippen LogP contribution is -2.28. The Hall–Kier alpha value is -0.730. The Morgan fingerprint density at radius 3 is 2.80 bits per heavy atom. The first-order chi connectivity index (χ1) is 7.16. The van der Waals surface area contributed by atoms with Gasteiger partial charge in [-0.25, -0.2) is 0 Å². The molecule has 0 amide bonds. The maximum atomic E-state index is 9.71. The van der Waals surface area contributed by atoms with Crippen LogP contribution in [0, 0.1) is 6.92 Å². The Bertz CT molecular complexity index is 353. The number of nitrogens with one attached hydrogen (secondary N) is 1. The highest BCUT2D eigenvalue weighted by molar-refractivity contribution is 6.30. The van der Waals surface area contributed by atoms with Gasteiger partial charge < -0.3 is 10.4 Å². The standard InChI is InChI=1S/C12H16ClNO/c1-8-7-9(13)5-6-10(8)14-11-3-2-4-12(11)15/h5-7,11-12,14-15H,2-4H2,1H3/t11-,12-/m1/s1. The zero-order valence-electron chi connectivity index (χ0n) is 8.83. The fourth-order valence-corrected chi connectivity index (χ4v) is 2.32. The van der Waals surface area contributed by atoms with E-state index in [4.69, 9.17) is 11.6 Å². The third-order valence-corrected chi connectivity index (χ3v) is 3.24. The fourth-order valence-electron chi connectivity index (χ4n) is 2.10. The Morgan fingerprint density at radius 1 is 1.40 bits per heavy atom. The first kappa shape index (κ1) is 10.8.